The average molecular weight is 332 g/mol. The Morgan fingerprint density at radius 3 is 2.58 bits per heavy atom. The van der Waals surface area contributed by atoms with Crippen molar-refractivity contribution in [2.75, 3.05) is 13.1 Å². The number of rotatable bonds is 6. The van der Waals surface area contributed by atoms with E-state index in [2.05, 4.69) is 49.1 Å². The number of aryl methyl sites for hydroxylation is 2. The highest BCUT2D eigenvalue weighted by Crippen LogP contribution is 2.30. The van der Waals surface area contributed by atoms with Gasteiger partial charge >= 0.3 is 0 Å². The molecule has 24 heavy (non-hydrogen) atoms. The first-order chi connectivity index (χ1) is 11.6. The van der Waals surface area contributed by atoms with Gasteiger partial charge in [0, 0.05) is 37.8 Å². The van der Waals surface area contributed by atoms with Crippen molar-refractivity contribution in [1.82, 2.24) is 14.7 Å². The van der Waals surface area contributed by atoms with Crippen molar-refractivity contribution in [3.8, 4) is 5.75 Å². The number of ether oxygens (including phenoxy) is 1. The lowest BCUT2D eigenvalue weighted by molar-refractivity contribution is -0.0120. The van der Waals surface area contributed by atoms with E-state index in [-0.39, 0.29) is 0 Å². The maximum atomic E-state index is 6.22. The van der Waals surface area contributed by atoms with Crippen LogP contribution in [0.4, 0.5) is 0 Å². The predicted molar refractivity (Wildman–Crippen MR) is 102 cm³/mol. The second kappa shape index (κ2) is 8.52. The number of fused-ring (bicyclic) bond motifs is 1. The Hall–Kier alpha value is -1.55. The topological polar surface area (TPSA) is 30.3 Å². The molecule has 2 aromatic rings. The summed E-state index contributed by atoms with van der Waals surface area (Å²) in [4.78, 5) is 2.55. The zero-order valence-corrected chi connectivity index (χ0v) is 16.2. The Morgan fingerprint density at radius 2 is 1.96 bits per heavy atom. The van der Waals surface area contributed by atoms with Gasteiger partial charge in [0.1, 0.15) is 17.4 Å². The molecule has 0 saturated carbocycles. The molecule has 0 radical (unpaired) electrons. The molecule has 4 heteroatoms. The molecule has 0 aliphatic carbocycles. The highest BCUT2D eigenvalue weighted by atomic mass is 16.5. The van der Waals surface area contributed by atoms with E-state index < -0.39 is 0 Å². The molecule has 1 aliphatic heterocycles. The van der Waals surface area contributed by atoms with Crippen molar-refractivity contribution in [1.29, 1.82) is 0 Å². The molecule has 4 nitrogen and oxygen atoms in total. The van der Waals surface area contributed by atoms with E-state index in [4.69, 9.17) is 4.74 Å². The highest BCUT2D eigenvalue weighted by molar-refractivity contribution is 5.87. The van der Waals surface area contributed by atoms with Crippen LogP contribution >= 0.6 is 0 Å². The minimum atomic E-state index is 0.304. The fraction of sp³-hybridized carbons (Fsp3) is 0.650. The third-order valence-corrected chi connectivity index (χ3v) is 4.75. The molecule has 1 aromatic carbocycles. The Bertz CT molecular complexity index is 644. The van der Waals surface area contributed by atoms with Gasteiger partial charge in [-0.1, -0.05) is 40.2 Å². The SMILES string of the molecule is CC.CCCC(CC)N1CC(Oc2ccc(C)c3cn(C)nc23)C1. The molecule has 1 aromatic heterocycles. The maximum Gasteiger partial charge on any atom is 0.147 e. The molecule has 134 valence electrons. The second-order valence-electron chi connectivity index (χ2n) is 6.49. The lowest BCUT2D eigenvalue weighted by Crippen LogP contribution is -2.57. The van der Waals surface area contributed by atoms with Gasteiger partial charge in [0.15, 0.2) is 0 Å². The molecule has 0 spiro atoms. The largest absolute Gasteiger partial charge is 0.485 e. The quantitative estimate of drug-likeness (QED) is 0.778. The predicted octanol–water partition coefficient (Wildman–Crippen LogP) is 4.55. The molecule has 0 bridgehead atoms. The van der Waals surface area contributed by atoms with E-state index in [0.717, 1.165) is 30.4 Å². The molecule has 3 rings (SSSR count). The molecule has 1 unspecified atom stereocenters. The molecule has 0 N–H and O–H groups in total. The molecule has 0 amide bonds. The Morgan fingerprint density at radius 1 is 1.25 bits per heavy atom. The number of hydrogen-bond acceptors (Lipinski definition) is 3. The molecule has 2 heterocycles. The van der Waals surface area contributed by atoms with Gasteiger partial charge in [-0.3, -0.25) is 9.58 Å². The lowest BCUT2D eigenvalue weighted by Gasteiger charge is -2.43. The summed E-state index contributed by atoms with van der Waals surface area (Å²) < 4.78 is 8.08. The molecular formula is C20H33N3O. The lowest BCUT2D eigenvalue weighted by atomic mass is 10.0. The number of hydrogen-bond donors (Lipinski definition) is 0. The normalized spacial score (nSPS) is 16.4. The Balaban J connectivity index is 0.00000100. The first kappa shape index (κ1) is 18.8. The van der Waals surface area contributed by atoms with E-state index in [1.165, 1.54) is 30.2 Å². The molecule has 1 aliphatic rings. The van der Waals surface area contributed by atoms with Crippen LogP contribution in [0.2, 0.25) is 0 Å². The summed E-state index contributed by atoms with van der Waals surface area (Å²) in [5.74, 6) is 0.925. The van der Waals surface area contributed by atoms with Gasteiger partial charge in [0.05, 0.1) is 0 Å². The van der Waals surface area contributed by atoms with Crippen LogP contribution in [0.25, 0.3) is 10.9 Å². The summed E-state index contributed by atoms with van der Waals surface area (Å²) in [5, 5.41) is 5.75. The smallest absolute Gasteiger partial charge is 0.147 e. The van der Waals surface area contributed by atoms with E-state index in [0.29, 0.717) is 6.10 Å². The van der Waals surface area contributed by atoms with Crippen LogP contribution in [0, 0.1) is 6.92 Å². The molecule has 1 saturated heterocycles. The van der Waals surface area contributed by atoms with Gasteiger partial charge in [0.2, 0.25) is 0 Å². The van der Waals surface area contributed by atoms with Gasteiger partial charge < -0.3 is 4.74 Å². The summed E-state index contributed by atoms with van der Waals surface area (Å²) in [5.41, 5.74) is 2.24. The highest BCUT2D eigenvalue weighted by Gasteiger charge is 2.33. The van der Waals surface area contributed by atoms with Crippen LogP contribution in [0.15, 0.2) is 18.3 Å². The maximum absolute atomic E-state index is 6.22. The van der Waals surface area contributed by atoms with Crippen LogP contribution in [0.5, 0.6) is 5.75 Å². The fourth-order valence-electron chi connectivity index (χ4n) is 3.42. The van der Waals surface area contributed by atoms with Crippen LogP contribution in [0.3, 0.4) is 0 Å². The minimum absolute atomic E-state index is 0.304. The number of aromatic nitrogens is 2. The van der Waals surface area contributed by atoms with Gasteiger partial charge in [0.25, 0.3) is 0 Å². The summed E-state index contributed by atoms with van der Waals surface area (Å²) in [6.07, 6.45) is 6.15. The standard InChI is InChI=1S/C18H27N3O.C2H6/c1-5-7-14(6-2)21-10-15(11-21)22-17-9-8-13(3)16-12-20(4)19-18(16)17;1-2/h8-9,12,14-15H,5-7,10-11H2,1-4H3;1-2H3. The number of likely N-dealkylation sites (tertiary alicyclic amines) is 1. The van der Waals surface area contributed by atoms with Gasteiger partial charge in [-0.2, -0.15) is 5.10 Å². The van der Waals surface area contributed by atoms with E-state index in [1.807, 2.05) is 25.6 Å². The van der Waals surface area contributed by atoms with Crippen LogP contribution in [0.1, 0.15) is 52.5 Å². The third-order valence-electron chi connectivity index (χ3n) is 4.75. The summed E-state index contributed by atoms with van der Waals surface area (Å²) >= 11 is 0. The van der Waals surface area contributed by atoms with Crippen molar-refractivity contribution in [3.63, 3.8) is 0 Å². The third kappa shape index (κ3) is 3.92. The Labute approximate surface area is 146 Å². The van der Waals surface area contributed by atoms with E-state index in [9.17, 15) is 0 Å². The van der Waals surface area contributed by atoms with Crippen molar-refractivity contribution < 1.29 is 4.74 Å². The van der Waals surface area contributed by atoms with Gasteiger partial charge in [-0.15, -0.1) is 0 Å². The number of benzene rings is 1. The van der Waals surface area contributed by atoms with E-state index >= 15 is 0 Å². The summed E-state index contributed by atoms with van der Waals surface area (Å²) in [7, 11) is 1.96. The van der Waals surface area contributed by atoms with Gasteiger partial charge in [-0.05, 0) is 31.4 Å². The monoisotopic (exact) mass is 331 g/mol. The zero-order valence-electron chi connectivity index (χ0n) is 16.2. The van der Waals surface area contributed by atoms with Gasteiger partial charge in [-0.25, -0.2) is 0 Å². The number of nitrogens with zero attached hydrogens (tertiary/aromatic N) is 3. The molecule has 1 fully saturated rings. The molecule has 1 atom stereocenters. The van der Waals surface area contributed by atoms with Crippen molar-refractivity contribution >= 4 is 10.9 Å². The Kier molecular flexibility index (Phi) is 6.67. The minimum Gasteiger partial charge on any atom is -0.485 e. The van der Waals surface area contributed by atoms with Crippen molar-refractivity contribution in [3.05, 3.63) is 23.9 Å². The first-order valence-electron chi connectivity index (χ1n) is 9.46. The van der Waals surface area contributed by atoms with Crippen LogP contribution < -0.4 is 4.74 Å². The van der Waals surface area contributed by atoms with Crippen molar-refractivity contribution in [2.24, 2.45) is 7.05 Å². The first-order valence-corrected chi connectivity index (χ1v) is 9.46. The molecular weight excluding hydrogens is 298 g/mol. The van der Waals surface area contributed by atoms with Crippen molar-refractivity contribution in [2.45, 2.75) is 66.0 Å². The summed E-state index contributed by atoms with van der Waals surface area (Å²) in [6, 6.07) is 4.91. The van der Waals surface area contributed by atoms with Crippen LogP contribution in [-0.4, -0.2) is 39.9 Å². The van der Waals surface area contributed by atoms with E-state index in [1.54, 1.807) is 0 Å². The average Bonchev–Trinajstić information content (AvgIpc) is 2.95. The summed E-state index contributed by atoms with van der Waals surface area (Å²) in [6.45, 7) is 12.8. The second-order valence-corrected chi connectivity index (χ2v) is 6.49. The van der Waals surface area contributed by atoms with Crippen LogP contribution in [-0.2, 0) is 7.05 Å². The fourth-order valence-corrected chi connectivity index (χ4v) is 3.42. The zero-order chi connectivity index (χ0) is 17.7.